The standard InChI is InChI=1S/C19H20ClN4OS/c1-3-23-7-9-26-18(23)5-4-17-19-22(2)15-11-14(20)13(12-21)10-16(15)24(19)6-8-25-17/h4-5,10-11H,3,6-9H2,1-2H3/q+1. The molecule has 0 radical (unpaired) electrons. The molecule has 1 aromatic carbocycles. The van der Waals surface area contributed by atoms with Crippen molar-refractivity contribution in [3.05, 3.63) is 45.7 Å². The van der Waals surface area contributed by atoms with Crippen LogP contribution in [0.4, 0.5) is 0 Å². The van der Waals surface area contributed by atoms with Crippen molar-refractivity contribution >= 4 is 40.2 Å². The maximum Gasteiger partial charge on any atom is 0.325 e. The zero-order chi connectivity index (χ0) is 18.3. The zero-order valence-corrected chi connectivity index (χ0v) is 16.4. The van der Waals surface area contributed by atoms with E-state index in [9.17, 15) is 5.26 Å². The maximum absolute atomic E-state index is 9.29. The molecule has 2 aliphatic heterocycles. The molecule has 1 fully saturated rings. The molecule has 2 aliphatic rings. The Labute approximate surface area is 162 Å². The molecule has 4 rings (SSSR count). The number of halogens is 1. The summed E-state index contributed by atoms with van der Waals surface area (Å²) >= 11 is 8.13. The first-order valence-electron chi connectivity index (χ1n) is 8.68. The monoisotopic (exact) mass is 387 g/mol. The second kappa shape index (κ2) is 6.90. The fourth-order valence-corrected chi connectivity index (χ4v) is 4.85. The summed E-state index contributed by atoms with van der Waals surface area (Å²) in [5.41, 5.74) is 2.51. The lowest BCUT2D eigenvalue weighted by molar-refractivity contribution is -0.649. The molecule has 134 valence electrons. The van der Waals surface area contributed by atoms with Gasteiger partial charge in [0.05, 0.1) is 22.7 Å². The minimum atomic E-state index is 0.480. The Balaban J connectivity index is 1.84. The van der Waals surface area contributed by atoms with Crippen LogP contribution in [-0.4, -0.2) is 34.9 Å². The third-order valence-corrected chi connectivity index (χ3v) is 6.27. The molecule has 0 bridgehead atoms. The summed E-state index contributed by atoms with van der Waals surface area (Å²) < 4.78 is 10.3. The summed E-state index contributed by atoms with van der Waals surface area (Å²) in [7, 11) is 2.01. The highest BCUT2D eigenvalue weighted by Gasteiger charge is 2.31. The molecule has 0 atom stereocenters. The Morgan fingerprint density at radius 3 is 3.00 bits per heavy atom. The van der Waals surface area contributed by atoms with Gasteiger partial charge in [0.15, 0.2) is 11.0 Å². The van der Waals surface area contributed by atoms with E-state index in [1.54, 1.807) is 0 Å². The number of ether oxygens (including phenoxy) is 1. The van der Waals surface area contributed by atoms with Gasteiger partial charge in [-0.05, 0) is 19.1 Å². The molecule has 2 aromatic rings. The number of fused-ring (bicyclic) bond motifs is 3. The molecule has 0 amide bonds. The van der Waals surface area contributed by atoms with Crippen LogP contribution < -0.4 is 4.57 Å². The van der Waals surface area contributed by atoms with Gasteiger partial charge in [-0.1, -0.05) is 11.6 Å². The number of hydrogen-bond acceptors (Lipinski definition) is 4. The number of aryl methyl sites for hydroxylation is 1. The Morgan fingerprint density at radius 2 is 2.23 bits per heavy atom. The smallest absolute Gasteiger partial charge is 0.325 e. The fourth-order valence-electron chi connectivity index (χ4n) is 3.57. The molecule has 1 saturated heterocycles. The lowest BCUT2D eigenvalue weighted by Gasteiger charge is -2.16. The Hall–Kier alpha value is -2.10. The third-order valence-electron chi connectivity index (χ3n) is 4.88. The van der Waals surface area contributed by atoms with Crippen molar-refractivity contribution in [1.82, 2.24) is 9.47 Å². The van der Waals surface area contributed by atoms with E-state index < -0.39 is 0 Å². The first kappa shape index (κ1) is 17.3. The number of aromatic nitrogens is 2. The molecule has 7 heteroatoms. The molecule has 0 saturated carbocycles. The van der Waals surface area contributed by atoms with E-state index in [1.165, 1.54) is 5.03 Å². The van der Waals surface area contributed by atoms with E-state index in [0.717, 1.165) is 48.0 Å². The lowest BCUT2D eigenvalue weighted by Crippen LogP contribution is -2.35. The molecule has 1 aromatic heterocycles. The molecular formula is C19H20ClN4OS+. The highest BCUT2D eigenvalue weighted by molar-refractivity contribution is 8.03. The first-order chi connectivity index (χ1) is 12.6. The molecule has 5 nitrogen and oxygen atoms in total. The number of imidazole rings is 1. The molecule has 3 heterocycles. The first-order valence-corrected chi connectivity index (χ1v) is 10.0. The Kier molecular flexibility index (Phi) is 4.60. The minimum Gasteiger partial charge on any atom is -0.482 e. The van der Waals surface area contributed by atoms with Gasteiger partial charge in [-0.3, -0.25) is 0 Å². The fraction of sp³-hybridized carbons (Fsp3) is 0.368. The van der Waals surface area contributed by atoms with Crippen LogP contribution >= 0.6 is 23.4 Å². The summed E-state index contributed by atoms with van der Waals surface area (Å²) in [6.45, 7) is 5.66. The van der Waals surface area contributed by atoms with Crippen LogP contribution in [0, 0.1) is 11.3 Å². The highest BCUT2D eigenvalue weighted by Crippen LogP contribution is 2.30. The van der Waals surface area contributed by atoms with Gasteiger partial charge in [-0.15, -0.1) is 11.8 Å². The predicted molar refractivity (Wildman–Crippen MR) is 105 cm³/mol. The van der Waals surface area contributed by atoms with E-state index in [0.29, 0.717) is 17.2 Å². The van der Waals surface area contributed by atoms with Crippen molar-refractivity contribution in [3.63, 3.8) is 0 Å². The molecular weight excluding hydrogens is 368 g/mol. The van der Waals surface area contributed by atoms with Crippen LogP contribution in [0.1, 0.15) is 18.3 Å². The zero-order valence-electron chi connectivity index (χ0n) is 14.8. The molecule has 0 unspecified atom stereocenters. The van der Waals surface area contributed by atoms with E-state index in [1.807, 2.05) is 30.9 Å². The summed E-state index contributed by atoms with van der Waals surface area (Å²) in [5, 5.41) is 11.1. The quantitative estimate of drug-likeness (QED) is 0.742. The highest BCUT2D eigenvalue weighted by atomic mass is 35.5. The number of allylic oxidation sites excluding steroid dienone is 2. The summed E-state index contributed by atoms with van der Waals surface area (Å²) in [5.74, 6) is 2.98. The molecule has 0 spiro atoms. The average Bonchev–Trinajstić information content (AvgIpc) is 3.22. The van der Waals surface area contributed by atoms with Crippen molar-refractivity contribution in [2.45, 2.75) is 13.5 Å². The van der Waals surface area contributed by atoms with Crippen LogP contribution in [0.15, 0.2) is 29.3 Å². The van der Waals surface area contributed by atoms with Crippen molar-refractivity contribution in [2.24, 2.45) is 7.05 Å². The third kappa shape index (κ3) is 2.76. The number of nitrogens with zero attached hydrogens (tertiary/aromatic N) is 4. The van der Waals surface area contributed by atoms with Gasteiger partial charge < -0.3 is 9.64 Å². The lowest BCUT2D eigenvalue weighted by atomic mass is 10.2. The number of thioether (sulfide) groups is 1. The van der Waals surface area contributed by atoms with Crippen molar-refractivity contribution in [1.29, 1.82) is 5.26 Å². The van der Waals surface area contributed by atoms with Crippen LogP contribution in [0.25, 0.3) is 16.8 Å². The maximum atomic E-state index is 9.29. The molecule has 26 heavy (non-hydrogen) atoms. The van der Waals surface area contributed by atoms with Crippen molar-refractivity contribution in [3.8, 4) is 6.07 Å². The number of nitriles is 1. The summed E-state index contributed by atoms with van der Waals surface area (Å²) in [6, 6.07) is 5.90. The minimum absolute atomic E-state index is 0.480. The van der Waals surface area contributed by atoms with E-state index in [-0.39, 0.29) is 0 Å². The van der Waals surface area contributed by atoms with Crippen molar-refractivity contribution < 1.29 is 9.30 Å². The van der Waals surface area contributed by atoms with Crippen LogP contribution in [0.2, 0.25) is 5.02 Å². The predicted octanol–water partition coefficient (Wildman–Crippen LogP) is 3.27. The molecule has 0 N–H and O–H groups in total. The van der Waals surface area contributed by atoms with Gasteiger partial charge in [-0.25, -0.2) is 9.13 Å². The van der Waals surface area contributed by atoms with Gasteiger partial charge in [0.1, 0.15) is 19.2 Å². The van der Waals surface area contributed by atoms with E-state index >= 15 is 0 Å². The second-order valence-corrected chi connectivity index (χ2v) is 7.80. The Bertz CT molecular complexity index is 986. The number of hydrogen-bond donors (Lipinski definition) is 0. The largest absolute Gasteiger partial charge is 0.482 e. The van der Waals surface area contributed by atoms with E-state index in [4.69, 9.17) is 16.3 Å². The second-order valence-electron chi connectivity index (χ2n) is 6.28. The summed E-state index contributed by atoms with van der Waals surface area (Å²) in [4.78, 5) is 2.37. The van der Waals surface area contributed by atoms with Crippen LogP contribution in [-0.2, 0) is 18.3 Å². The SMILES string of the molecule is CCN1CCSC1=CC=C1OCCn2c1[n+](C)c1cc(Cl)c(C#N)cc12. The molecule has 0 aliphatic carbocycles. The Morgan fingerprint density at radius 1 is 1.38 bits per heavy atom. The van der Waals surface area contributed by atoms with Crippen LogP contribution in [0.3, 0.4) is 0 Å². The van der Waals surface area contributed by atoms with E-state index in [2.05, 4.69) is 39.2 Å². The van der Waals surface area contributed by atoms with Crippen molar-refractivity contribution in [2.75, 3.05) is 25.4 Å². The normalized spacial score (nSPS) is 19.8. The van der Waals surface area contributed by atoms with Gasteiger partial charge in [-0.2, -0.15) is 5.26 Å². The average molecular weight is 388 g/mol. The van der Waals surface area contributed by atoms with Crippen LogP contribution in [0.5, 0.6) is 0 Å². The summed E-state index contributed by atoms with van der Waals surface area (Å²) in [6.07, 6.45) is 4.21. The van der Waals surface area contributed by atoms with Gasteiger partial charge in [0, 0.05) is 31.0 Å². The number of rotatable bonds is 2. The number of benzene rings is 1. The van der Waals surface area contributed by atoms with Gasteiger partial charge in [0.2, 0.25) is 5.76 Å². The van der Waals surface area contributed by atoms with Gasteiger partial charge in [0.25, 0.3) is 0 Å². The topological polar surface area (TPSA) is 45.1 Å². The van der Waals surface area contributed by atoms with Gasteiger partial charge >= 0.3 is 5.82 Å².